The van der Waals surface area contributed by atoms with Gasteiger partial charge in [0, 0.05) is 25.3 Å². The molecule has 3 heterocycles. The summed E-state index contributed by atoms with van der Waals surface area (Å²) in [4.78, 5) is 27.7. The first-order valence-electron chi connectivity index (χ1n) is 9.67. The molecule has 0 radical (unpaired) electrons. The van der Waals surface area contributed by atoms with Gasteiger partial charge < -0.3 is 20.0 Å². The molecule has 0 unspecified atom stereocenters. The summed E-state index contributed by atoms with van der Waals surface area (Å²) in [5, 5.41) is 6.35. The van der Waals surface area contributed by atoms with E-state index in [2.05, 4.69) is 39.8 Å². The van der Waals surface area contributed by atoms with Crippen LogP contribution in [0, 0.1) is 6.92 Å². The van der Waals surface area contributed by atoms with Crippen LogP contribution < -0.4 is 15.5 Å². The van der Waals surface area contributed by atoms with E-state index >= 15 is 0 Å². The number of rotatable bonds is 6. The van der Waals surface area contributed by atoms with E-state index in [9.17, 15) is 9.59 Å². The summed E-state index contributed by atoms with van der Waals surface area (Å²) < 4.78 is 5.09. The Hall–Kier alpha value is -3.06. The molecule has 2 N–H and O–H groups in total. The second kappa shape index (κ2) is 8.53. The normalized spacial score (nSPS) is 13.5. The van der Waals surface area contributed by atoms with Gasteiger partial charge in [0.15, 0.2) is 5.76 Å². The summed E-state index contributed by atoms with van der Waals surface area (Å²) in [6, 6.07) is 13.4. The van der Waals surface area contributed by atoms with Crippen molar-refractivity contribution in [2.75, 3.05) is 23.3 Å². The van der Waals surface area contributed by atoms with Crippen molar-refractivity contribution in [2.45, 2.75) is 26.3 Å². The Morgan fingerprint density at radius 3 is 2.55 bits per heavy atom. The molecule has 6 nitrogen and oxygen atoms in total. The maximum Gasteiger partial charge on any atom is 0.291 e. The van der Waals surface area contributed by atoms with Crippen LogP contribution in [0.5, 0.6) is 0 Å². The average molecular weight is 410 g/mol. The number of nitrogens with one attached hydrogen (secondary N) is 2. The zero-order valence-electron chi connectivity index (χ0n) is 16.2. The van der Waals surface area contributed by atoms with E-state index in [1.165, 1.54) is 36.1 Å². The first-order chi connectivity index (χ1) is 14.1. The number of benzene rings is 1. The van der Waals surface area contributed by atoms with E-state index in [1.807, 2.05) is 6.92 Å². The van der Waals surface area contributed by atoms with Gasteiger partial charge in [0.05, 0.1) is 16.1 Å². The van der Waals surface area contributed by atoms with Crippen LogP contribution in [-0.2, 0) is 6.54 Å². The zero-order chi connectivity index (χ0) is 20.2. The van der Waals surface area contributed by atoms with Gasteiger partial charge in [-0.3, -0.25) is 9.59 Å². The third kappa shape index (κ3) is 4.51. The Morgan fingerprint density at radius 2 is 1.86 bits per heavy atom. The average Bonchev–Trinajstić information content (AvgIpc) is 3.48. The molecule has 0 atom stereocenters. The van der Waals surface area contributed by atoms with E-state index in [1.54, 1.807) is 18.2 Å². The maximum absolute atomic E-state index is 12.6. The molecule has 3 aromatic rings. The molecule has 1 fully saturated rings. The Balaban J connectivity index is 1.34. The number of furan rings is 1. The van der Waals surface area contributed by atoms with Gasteiger partial charge in [-0.2, -0.15) is 0 Å². The van der Waals surface area contributed by atoms with Gasteiger partial charge in [-0.25, -0.2) is 0 Å². The van der Waals surface area contributed by atoms with Crippen molar-refractivity contribution in [1.29, 1.82) is 0 Å². The molecular formula is C22H23N3O3S. The van der Waals surface area contributed by atoms with Crippen LogP contribution in [0.4, 0.5) is 10.7 Å². The number of hydrogen-bond acceptors (Lipinski definition) is 5. The number of nitrogens with zero attached hydrogens (tertiary/aromatic N) is 1. The standard InChI is InChI=1S/C22H23N3O3S/c1-15-13-19(24-21(26)18-5-4-12-28-18)29-20(15)22(27)23-14-16-6-8-17(9-7-16)25-10-2-3-11-25/h4-9,12-13H,2-3,10-11,14H2,1H3,(H,23,27)(H,24,26). The number of thiophene rings is 1. The van der Waals surface area contributed by atoms with Crippen LogP contribution in [0.2, 0.25) is 0 Å². The summed E-state index contributed by atoms with van der Waals surface area (Å²) >= 11 is 1.26. The molecule has 2 aromatic heterocycles. The van der Waals surface area contributed by atoms with E-state index in [0.29, 0.717) is 16.4 Å². The first-order valence-corrected chi connectivity index (χ1v) is 10.5. The van der Waals surface area contributed by atoms with Crippen molar-refractivity contribution in [3.63, 3.8) is 0 Å². The van der Waals surface area contributed by atoms with Gasteiger partial charge in [-0.15, -0.1) is 11.3 Å². The second-order valence-electron chi connectivity index (χ2n) is 7.10. The molecule has 0 saturated carbocycles. The van der Waals surface area contributed by atoms with Crippen LogP contribution in [0.3, 0.4) is 0 Å². The summed E-state index contributed by atoms with van der Waals surface area (Å²) in [5.74, 6) is -0.240. The zero-order valence-corrected chi connectivity index (χ0v) is 17.1. The molecule has 1 aromatic carbocycles. The second-order valence-corrected chi connectivity index (χ2v) is 8.15. The SMILES string of the molecule is Cc1cc(NC(=O)c2ccco2)sc1C(=O)NCc1ccc(N2CCCC2)cc1. The van der Waals surface area contributed by atoms with Crippen LogP contribution in [0.1, 0.15) is 44.2 Å². The first kappa shape index (κ1) is 19.3. The lowest BCUT2D eigenvalue weighted by Crippen LogP contribution is -2.22. The molecular weight excluding hydrogens is 386 g/mol. The number of anilines is 2. The lowest BCUT2D eigenvalue weighted by atomic mass is 10.2. The largest absolute Gasteiger partial charge is 0.459 e. The van der Waals surface area contributed by atoms with Crippen LogP contribution in [0.15, 0.2) is 53.1 Å². The third-order valence-electron chi connectivity index (χ3n) is 4.97. The highest BCUT2D eigenvalue weighted by Crippen LogP contribution is 2.27. The highest BCUT2D eigenvalue weighted by Gasteiger charge is 2.17. The van der Waals surface area contributed by atoms with Gasteiger partial charge in [-0.05, 0) is 61.2 Å². The Morgan fingerprint density at radius 1 is 1.10 bits per heavy atom. The fourth-order valence-corrected chi connectivity index (χ4v) is 4.40. The van der Waals surface area contributed by atoms with E-state index in [4.69, 9.17) is 4.42 Å². The number of carbonyl (C=O) groups excluding carboxylic acids is 2. The quantitative estimate of drug-likeness (QED) is 0.632. The third-order valence-corrected chi connectivity index (χ3v) is 6.12. The molecule has 7 heteroatoms. The van der Waals surface area contributed by atoms with E-state index < -0.39 is 0 Å². The number of carbonyl (C=O) groups is 2. The number of hydrogen-bond donors (Lipinski definition) is 2. The van der Waals surface area contributed by atoms with Crippen LogP contribution in [-0.4, -0.2) is 24.9 Å². The molecule has 1 saturated heterocycles. The Labute approximate surface area is 173 Å². The molecule has 0 aliphatic carbocycles. The van der Waals surface area contributed by atoms with E-state index in [0.717, 1.165) is 24.2 Å². The van der Waals surface area contributed by atoms with Crippen LogP contribution in [0.25, 0.3) is 0 Å². The molecule has 150 valence electrons. The van der Waals surface area contributed by atoms with Gasteiger partial charge in [0.25, 0.3) is 11.8 Å². The van der Waals surface area contributed by atoms with Crippen molar-refractivity contribution < 1.29 is 14.0 Å². The predicted molar refractivity (Wildman–Crippen MR) is 115 cm³/mol. The minimum Gasteiger partial charge on any atom is -0.459 e. The Bertz CT molecular complexity index is 987. The molecule has 0 bridgehead atoms. The molecule has 1 aliphatic heterocycles. The lowest BCUT2D eigenvalue weighted by molar-refractivity contribution is 0.0953. The highest BCUT2D eigenvalue weighted by molar-refractivity contribution is 7.18. The van der Waals surface area contributed by atoms with Gasteiger partial charge in [0.1, 0.15) is 0 Å². The van der Waals surface area contributed by atoms with Crippen molar-refractivity contribution in [3.8, 4) is 0 Å². The minimum atomic E-state index is -0.332. The molecule has 29 heavy (non-hydrogen) atoms. The Kier molecular flexibility index (Phi) is 5.67. The summed E-state index contributed by atoms with van der Waals surface area (Å²) in [5.41, 5.74) is 3.12. The fraction of sp³-hybridized carbons (Fsp3) is 0.273. The summed E-state index contributed by atoms with van der Waals surface area (Å²) in [7, 11) is 0. The van der Waals surface area contributed by atoms with Gasteiger partial charge >= 0.3 is 0 Å². The van der Waals surface area contributed by atoms with Gasteiger partial charge in [-0.1, -0.05) is 12.1 Å². The predicted octanol–water partition coefficient (Wildman–Crippen LogP) is 4.43. The van der Waals surface area contributed by atoms with Crippen molar-refractivity contribution in [2.24, 2.45) is 0 Å². The fourth-order valence-electron chi connectivity index (χ4n) is 3.41. The molecule has 4 rings (SSSR count). The summed E-state index contributed by atoms with van der Waals surface area (Å²) in [6.45, 7) is 4.56. The highest BCUT2D eigenvalue weighted by atomic mass is 32.1. The minimum absolute atomic E-state index is 0.144. The van der Waals surface area contributed by atoms with E-state index in [-0.39, 0.29) is 17.6 Å². The van der Waals surface area contributed by atoms with Crippen molar-refractivity contribution >= 4 is 33.8 Å². The smallest absolute Gasteiger partial charge is 0.291 e. The topological polar surface area (TPSA) is 74.6 Å². The monoisotopic (exact) mass is 409 g/mol. The molecule has 2 amide bonds. The summed E-state index contributed by atoms with van der Waals surface area (Å²) in [6.07, 6.45) is 3.95. The lowest BCUT2D eigenvalue weighted by Gasteiger charge is -2.17. The molecule has 1 aliphatic rings. The van der Waals surface area contributed by atoms with Gasteiger partial charge in [0.2, 0.25) is 0 Å². The number of aryl methyl sites for hydroxylation is 1. The van der Waals surface area contributed by atoms with Crippen molar-refractivity contribution in [3.05, 3.63) is 70.5 Å². The number of amides is 2. The van der Waals surface area contributed by atoms with Crippen LogP contribution >= 0.6 is 11.3 Å². The molecule has 0 spiro atoms. The van der Waals surface area contributed by atoms with Crippen molar-refractivity contribution in [1.82, 2.24) is 5.32 Å². The maximum atomic E-state index is 12.6.